The Bertz CT molecular complexity index is 571. The van der Waals surface area contributed by atoms with Gasteiger partial charge in [0, 0.05) is 11.4 Å². The summed E-state index contributed by atoms with van der Waals surface area (Å²) in [7, 11) is 0. The predicted molar refractivity (Wildman–Crippen MR) is 83.2 cm³/mol. The first kappa shape index (κ1) is 15.2. The number of nitrogens with one attached hydrogen (secondary N) is 2. The number of aryl methyl sites for hydroxylation is 2. The maximum absolute atomic E-state index is 11.8. The maximum atomic E-state index is 11.8. The standard InChI is InChI=1S/C16H21N3O2/c1-11-8-9-14(10-12(11)2)17-15(20)16(21)19-18-13-6-4-3-5-7-13/h8-10H,3-7H2,1-2H3,(H,17,20)(H,19,21). The van der Waals surface area contributed by atoms with Gasteiger partial charge in [-0.1, -0.05) is 12.5 Å². The number of benzene rings is 1. The van der Waals surface area contributed by atoms with Gasteiger partial charge < -0.3 is 5.32 Å². The summed E-state index contributed by atoms with van der Waals surface area (Å²) >= 11 is 0. The average Bonchev–Trinajstić information content (AvgIpc) is 2.49. The van der Waals surface area contributed by atoms with Gasteiger partial charge in [-0.25, -0.2) is 5.43 Å². The van der Waals surface area contributed by atoms with E-state index in [1.807, 2.05) is 26.0 Å². The molecule has 0 bridgehead atoms. The second-order valence-electron chi connectivity index (χ2n) is 5.43. The molecule has 2 amide bonds. The van der Waals surface area contributed by atoms with Crippen molar-refractivity contribution < 1.29 is 9.59 Å². The number of amides is 2. The zero-order valence-corrected chi connectivity index (χ0v) is 12.5. The fourth-order valence-electron chi connectivity index (χ4n) is 2.26. The van der Waals surface area contributed by atoms with Gasteiger partial charge in [-0.15, -0.1) is 0 Å². The van der Waals surface area contributed by atoms with Crippen LogP contribution in [0.5, 0.6) is 0 Å². The van der Waals surface area contributed by atoms with Crippen molar-refractivity contribution in [1.82, 2.24) is 5.43 Å². The summed E-state index contributed by atoms with van der Waals surface area (Å²) in [4.78, 5) is 23.5. The molecule has 0 spiro atoms. The molecular formula is C16H21N3O2. The minimum Gasteiger partial charge on any atom is -0.318 e. The smallest absolute Gasteiger partial charge is 0.318 e. The summed E-state index contributed by atoms with van der Waals surface area (Å²) in [6, 6.07) is 5.53. The van der Waals surface area contributed by atoms with Crippen molar-refractivity contribution in [2.45, 2.75) is 46.0 Å². The van der Waals surface area contributed by atoms with Gasteiger partial charge in [-0.05, 0) is 62.8 Å². The van der Waals surface area contributed by atoms with Crippen LogP contribution >= 0.6 is 0 Å². The first-order valence-corrected chi connectivity index (χ1v) is 7.30. The number of anilines is 1. The molecule has 1 aromatic rings. The van der Waals surface area contributed by atoms with Crippen molar-refractivity contribution in [2.75, 3.05) is 5.32 Å². The molecule has 2 N–H and O–H groups in total. The molecule has 21 heavy (non-hydrogen) atoms. The Morgan fingerprint density at radius 1 is 1.00 bits per heavy atom. The summed E-state index contributed by atoms with van der Waals surface area (Å²) in [5.41, 5.74) is 6.12. The van der Waals surface area contributed by atoms with E-state index in [-0.39, 0.29) is 0 Å². The van der Waals surface area contributed by atoms with Crippen molar-refractivity contribution in [3.05, 3.63) is 29.3 Å². The van der Waals surface area contributed by atoms with Crippen LogP contribution in [-0.4, -0.2) is 17.5 Å². The molecule has 0 atom stereocenters. The molecule has 0 unspecified atom stereocenters. The van der Waals surface area contributed by atoms with Crippen LogP contribution in [0, 0.1) is 13.8 Å². The van der Waals surface area contributed by atoms with E-state index in [4.69, 9.17) is 0 Å². The molecular weight excluding hydrogens is 266 g/mol. The lowest BCUT2D eigenvalue weighted by Crippen LogP contribution is -2.33. The number of carbonyl (C=O) groups excluding carboxylic acids is 2. The lowest BCUT2D eigenvalue weighted by atomic mass is 9.99. The Labute approximate surface area is 124 Å². The third-order valence-corrected chi connectivity index (χ3v) is 3.72. The second-order valence-corrected chi connectivity index (χ2v) is 5.43. The normalized spacial score (nSPS) is 14.5. The molecule has 1 fully saturated rings. The molecule has 1 aliphatic carbocycles. The number of hydrogen-bond acceptors (Lipinski definition) is 3. The van der Waals surface area contributed by atoms with Crippen LogP contribution in [0.15, 0.2) is 23.3 Å². The van der Waals surface area contributed by atoms with Crippen LogP contribution in [0.2, 0.25) is 0 Å². The molecule has 2 rings (SSSR count). The first-order chi connectivity index (χ1) is 10.1. The zero-order chi connectivity index (χ0) is 15.2. The lowest BCUT2D eigenvalue weighted by Gasteiger charge is -2.12. The molecule has 0 radical (unpaired) electrons. The molecule has 0 aromatic heterocycles. The minimum atomic E-state index is -0.730. The van der Waals surface area contributed by atoms with Crippen molar-refractivity contribution in [1.29, 1.82) is 0 Å². The van der Waals surface area contributed by atoms with Crippen LogP contribution in [0.25, 0.3) is 0 Å². The SMILES string of the molecule is Cc1ccc(NC(=O)C(=O)NN=C2CCCCC2)cc1C. The second kappa shape index (κ2) is 7.02. The maximum Gasteiger partial charge on any atom is 0.329 e. The summed E-state index contributed by atoms with van der Waals surface area (Å²) < 4.78 is 0. The molecule has 0 aliphatic heterocycles. The first-order valence-electron chi connectivity index (χ1n) is 7.30. The Hall–Kier alpha value is -2.17. The number of hydrogen-bond donors (Lipinski definition) is 2. The van der Waals surface area contributed by atoms with Crippen molar-refractivity contribution in [3.8, 4) is 0 Å². The summed E-state index contributed by atoms with van der Waals surface area (Å²) in [6.07, 6.45) is 5.21. The summed E-state index contributed by atoms with van der Waals surface area (Å²) in [5, 5.41) is 6.61. The Kier molecular flexibility index (Phi) is 5.09. The molecule has 112 valence electrons. The van der Waals surface area contributed by atoms with E-state index in [2.05, 4.69) is 15.8 Å². The molecule has 0 saturated heterocycles. The highest BCUT2D eigenvalue weighted by Gasteiger charge is 2.14. The topological polar surface area (TPSA) is 70.6 Å². The van der Waals surface area contributed by atoms with Crippen LogP contribution in [0.3, 0.4) is 0 Å². The van der Waals surface area contributed by atoms with Crippen molar-refractivity contribution in [2.24, 2.45) is 5.10 Å². The van der Waals surface area contributed by atoms with Crippen LogP contribution in [0.4, 0.5) is 5.69 Å². The predicted octanol–water partition coefficient (Wildman–Crippen LogP) is 2.68. The lowest BCUT2D eigenvalue weighted by molar-refractivity contribution is -0.136. The van der Waals surface area contributed by atoms with E-state index in [0.29, 0.717) is 5.69 Å². The van der Waals surface area contributed by atoms with E-state index >= 15 is 0 Å². The van der Waals surface area contributed by atoms with E-state index in [0.717, 1.165) is 42.5 Å². The van der Waals surface area contributed by atoms with Gasteiger partial charge in [0.15, 0.2) is 0 Å². The largest absolute Gasteiger partial charge is 0.329 e. The number of hydrazone groups is 1. The van der Waals surface area contributed by atoms with Gasteiger partial charge in [0.05, 0.1) is 0 Å². The quantitative estimate of drug-likeness (QED) is 0.648. The monoisotopic (exact) mass is 287 g/mol. The van der Waals surface area contributed by atoms with Gasteiger partial charge in [0.2, 0.25) is 0 Å². The highest BCUT2D eigenvalue weighted by atomic mass is 16.2. The summed E-state index contributed by atoms with van der Waals surface area (Å²) in [6.45, 7) is 3.95. The van der Waals surface area contributed by atoms with Crippen LogP contribution in [0.1, 0.15) is 43.2 Å². The molecule has 1 aliphatic rings. The van der Waals surface area contributed by atoms with E-state index in [1.165, 1.54) is 6.42 Å². The Morgan fingerprint density at radius 3 is 2.38 bits per heavy atom. The highest BCUT2D eigenvalue weighted by molar-refractivity contribution is 6.39. The van der Waals surface area contributed by atoms with E-state index in [1.54, 1.807) is 6.07 Å². The van der Waals surface area contributed by atoms with Crippen molar-refractivity contribution in [3.63, 3.8) is 0 Å². The van der Waals surface area contributed by atoms with Crippen LogP contribution in [-0.2, 0) is 9.59 Å². The zero-order valence-electron chi connectivity index (χ0n) is 12.5. The third kappa shape index (κ3) is 4.41. The van der Waals surface area contributed by atoms with Gasteiger partial charge in [0.1, 0.15) is 0 Å². The van der Waals surface area contributed by atoms with Gasteiger partial charge in [0.25, 0.3) is 0 Å². The van der Waals surface area contributed by atoms with Gasteiger partial charge >= 0.3 is 11.8 Å². The number of carbonyl (C=O) groups is 2. The third-order valence-electron chi connectivity index (χ3n) is 3.72. The number of rotatable bonds is 2. The molecule has 5 nitrogen and oxygen atoms in total. The van der Waals surface area contributed by atoms with Gasteiger partial charge in [-0.3, -0.25) is 9.59 Å². The highest BCUT2D eigenvalue weighted by Crippen LogP contribution is 2.15. The molecule has 1 aromatic carbocycles. The van der Waals surface area contributed by atoms with E-state index in [9.17, 15) is 9.59 Å². The van der Waals surface area contributed by atoms with Gasteiger partial charge in [-0.2, -0.15) is 5.10 Å². The fourth-order valence-corrected chi connectivity index (χ4v) is 2.26. The van der Waals surface area contributed by atoms with Crippen molar-refractivity contribution >= 4 is 23.2 Å². The van der Waals surface area contributed by atoms with Crippen LogP contribution < -0.4 is 10.7 Å². The fraction of sp³-hybridized carbons (Fsp3) is 0.438. The average molecular weight is 287 g/mol. The molecule has 0 heterocycles. The summed E-state index contributed by atoms with van der Waals surface area (Å²) in [5.74, 6) is -1.43. The van der Waals surface area contributed by atoms with E-state index < -0.39 is 11.8 Å². The molecule has 1 saturated carbocycles. The molecule has 5 heteroatoms. The Balaban J connectivity index is 1.90. The number of nitrogens with zero attached hydrogens (tertiary/aromatic N) is 1. The minimum absolute atomic E-state index is 0.614. The Morgan fingerprint density at radius 2 is 1.71 bits per heavy atom.